The number of anilines is 2. The van der Waals surface area contributed by atoms with Gasteiger partial charge in [0.05, 0.1) is 22.5 Å². The number of carbonyl (C=O) groups is 4. The van der Waals surface area contributed by atoms with Crippen LogP contribution in [-0.4, -0.2) is 43.1 Å². The van der Waals surface area contributed by atoms with Crippen molar-refractivity contribution in [2.24, 2.45) is 0 Å². The second kappa shape index (κ2) is 10.5. The van der Waals surface area contributed by atoms with Crippen molar-refractivity contribution >= 4 is 34.5 Å². The van der Waals surface area contributed by atoms with E-state index in [9.17, 15) is 19.2 Å². The van der Waals surface area contributed by atoms with Gasteiger partial charge in [-0.1, -0.05) is 36.4 Å². The molecule has 2 N–H and O–H groups in total. The fourth-order valence-electron chi connectivity index (χ4n) is 3.73. The van der Waals surface area contributed by atoms with Crippen molar-refractivity contribution in [1.29, 1.82) is 0 Å². The van der Waals surface area contributed by atoms with E-state index in [1.165, 1.54) is 37.2 Å². The number of ketones is 4. The molecule has 2 aliphatic rings. The Balaban J connectivity index is 0.000000155. The van der Waals surface area contributed by atoms with E-state index in [0.717, 1.165) is 11.4 Å². The van der Waals surface area contributed by atoms with Crippen LogP contribution in [0.4, 0.5) is 11.4 Å². The lowest BCUT2D eigenvalue weighted by Crippen LogP contribution is -2.23. The Hall–Kier alpha value is -5.64. The first-order valence-electron chi connectivity index (χ1n) is 11.4. The Morgan fingerprint density at radius 3 is 1.63 bits per heavy atom. The zero-order valence-corrected chi connectivity index (χ0v) is 19.7. The molecule has 184 valence electrons. The summed E-state index contributed by atoms with van der Waals surface area (Å²) in [6.45, 7) is 0. The number of fused-ring (bicyclic) bond motifs is 2. The molecule has 2 aromatic heterocycles. The summed E-state index contributed by atoms with van der Waals surface area (Å²) in [5.41, 5.74) is 2.71. The van der Waals surface area contributed by atoms with E-state index in [2.05, 4.69) is 30.6 Å². The van der Waals surface area contributed by atoms with Crippen molar-refractivity contribution in [3.8, 4) is 0 Å². The Labute approximate surface area is 216 Å². The minimum atomic E-state index is -0.305. The molecule has 2 heterocycles. The number of hydrogen-bond acceptors (Lipinski definition) is 10. The molecule has 4 aromatic rings. The van der Waals surface area contributed by atoms with Crippen LogP contribution in [0.2, 0.25) is 0 Å². The molecular formula is C28H18N6O4. The Morgan fingerprint density at radius 1 is 0.526 bits per heavy atom. The highest BCUT2D eigenvalue weighted by Gasteiger charge is 2.28. The lowest BCUT2D eigenvalue weighted by molar-refractivity contribution is 0.0981. The second-order valence-electron chi connectivity index (χ2n) is 8.05. The molecule has 0 fully saturated rings. The number of nitrogens with zero attached hydrogens (tertiary/aromatic N) is 4. The van der Waals surface area contributed by atoms with Gasteiger partial charge in [0, 0.05) is 35.9 Å². The Morgan fingerprint density at radius 2 is 1.03 bits per heavy atom. The third-order valence-corrected chi connectivity index (χ3v) is 5.53. The van der Waals surface area contributed by atoms with Crippen LogP contribution >= 0.6 is 0 Å². The highest BCUT2D eigenvalue weighted by atomic mass is 16.1. The average molecular weight is 502 g/mol. The third kappa shape index (κ3) is 5.00. The second-order valence-corrected chi connectivity index (χ2v) is 8.05. The van der Waals surface area contributed by atoms with E-state index in [0.29, 0.717) is 0 Å². The van der Waals surface area contributed by atoms with E-state index in [1.807, 2.05) is 60.7 Å². The molecule has 0 aliphatic heterocycles. The molecule has 0 unspecified atom stereocenters. The van der Waals surface area contributed by atoms with Gasteiger partial charge >= 0.3 is 0 Å². The summed E-state index contributed by atoms with van der Waals surface area (Å²) in [6, 6.07) is 18.4. The number of nitrogens with one attached hydrogen (secondary N) is 2. The van der Waals surface area contributed by atoms with Crippen molar-refractivity contribution in [1.82, 2.24) is 19.9 Å². The number of hydrogen-bond donors (Lipinski definition) is 2. The van der Waals surface area contributed by atoms with Gasteiger partial charge in [0.25, 0.3) is 0 Å². The maximum atomic E-state index is 12.2. The van der Waals surface area contributed by atoms with Crippen LogP contribution in [0, 0.1) is 0 Å². The smallest absolute Gasteiger partial charge is 0.228 e. The summed E-state index contributed by atoms with van der Waals surface area (Å²) in [5.74, 6) is -1.15. The van der Waals surface area contributed by atoms with Crippen LogP contribution in [0.25, 0.3) is 0 Å². The minimum absolute atomic E-state index is 0.140. The maximum absolute atomic E-state index is 12.2. The van der Waals surface area contributed by atoms with Crippen molar-refractivity contribution in [2.75, 3.05) is 10.6 Å². The molecule has 0 amide bonds. The van der Waals surface area contributed by atoms with Gasteiger partial charge in [0.2, 0.25) is 17.3 Å². The van der Waals surface area contributed by atoms with Gasteiger partial charge in [-0.05, 0) is 24.3 Å². The molecular weight excluding hydrogens is 484 g/mol. The molecule has 0 saturated heterocycles. The molecule has 2 aliphatic carbocycles. The number of para-hydroxylation sites is 2. The summed E-state index contributed by atoms with van der Waals surface area (Å²) in [6.07, 6.45) is 7.79. The van der Waals surface area contributed by atoms with Gasteiger partial charge in [0.1, 0.15) is 24.0 Å². The average Bonchev–Trinajstić information content (AvgIpc) is 2.96. The first kappa shape index (κ1) is 24.1. The summed E-state index contributed by atoms with van der Waals surface area (Å²) < 4.78 is 0. The maximum Gasteiger partial charge on any atom is 0.228 e. The number of aromatic nitrogens is 4. The first-order valence-corrected chi connectivity index (χ1v) is 11.4. The topological polar surface area (TPSA) is 144 Å². The fourth-order valence-corrected chi connectivity index (χ4v) is 3.73. The molecule has 0 bridgehead atoms. The van der Waals surface area contributed by atoms with Crippen LogP contribution in [0.5, 0.6) is 0 Å². The van der Waals surface area contributed by atoms with Gasteiger partial charge < -0.3 is 10.6 Å². The SMILES string of the molecule is O=C1C(Nc2ccccc2)=CC(=O)c2ncncc21.O=C1C=C(Nc2ccccc2)C(=O)c2ncncc21. The normalized spacial score (nSPS) is 13.8. The van der Waals surface area contributed by atoms with Crippen molar-refractivity contribution < 1.29 is 19.2 Å². The third-order valence-electron chi connectivity index (χ3n) is 5.53. The van der Waals surface area contributed by atoms with Crippen molar-refractivity contribution in [3.63, 3.8) is 0 Å². The highest BCUT2D eigenvalue weighted by molar-refractivity contribution is 6.25. The Kier molecular flexibility index (Phi) is 6.68. The van der Waals surface area contributed by atoms with Gasteiger partial charge in [-0.2, -0.15) is 0 Å². The van der Waals surface area contributed by atoms with Gasteiger partial charge in [-0.3, -0.25) is 19.2 Å². The molecule has 38 heavy (non-hydrogen) atoms. The molecule has 0 spiro atoms. The van der Waals surface area contributed by atoms with Gasteiger partial charge in [-0.25, -0.2) is 19.9 Å². The lowest BCUT2D eigenvalue weighted by atomic mass is 9.98. The highest BCUT2D eigenvalue weighted by Crippen LogP contribution is 2.21. The quantitative estimate of drug-likeness (QED) is 0.424. The number of Topliss-reactive ketones (excluding diaryl/α,β-unsaturated/α-hetero) is 2. The number of benzene rings is 2. The van der Waals surface area contributed by atoms with Crippen LogP contribution in [0.1, 0.15) is 41.7 Å². The molecule has 0 radical (unpaired) electrons. The van der Waals surface area contributed by atoms with Crippen molar-refractivity contribution in [3.05, 3.63) is 132 Å². The summed E-state index contributed by atoms with van der Waals surface area (Å²) in [7, 11) is 0. The van der Waals surface area contributed by atoms with Crippen LogP contribution in [-0.2, 0) is 0 Å². The number of carbonyl (C=O) groups excluding carboxylic acids is 4. The molecule has 10 nitrogen and oxygen atoms in total. The van der Waals surface area contributed by atoms with Gasteiger partial charge in [-0.15, -0.1) is 0 Å². The number of allylic oxidation sites excluding steroid dienone is 4. The van der Waals surface area contributed by atoms with E-state index < -0.39 is 0 Å². The van der Waals surface area contributed by atoms with Crippen LogP contribution in [0.15, 0.2) is 109 Å². The monoisotopic (exact) mass is 502 g/mol. The molecule has 6 rings (SSSR count). The Bertz CT molecular complexity index is 1510. The van der Waals surface area contributed by atoms with Crippen LogP contribution < -0.4 is 10.6 Å². The van der Waals surface area contributed by atoms with E-state index in [1.54, 1.807) is 0 Å². The fraction of sp³-hybridized carbons (Fsp3) is 0. The van der Waals surface area contributed by atoms with Crippen LogP contribution in [0.3, 0.4) is 0 Å². The summed E-state index contributed by atoms with van der Waals surface area (Å²) in [4.78, 5) is 63.4. The first-order chi connectivity index (χ1) is 18.5. The van der Waals surface area contributed by atoms with Crippen molar-refractivity contribution in [2.45, 2.75) is 0 Å². The van der Waals surface area contributed by atoms with Gasteiger partial charge in [0.15, 0.2) is 5.78 Å². The van der Waals surface area contributed by atoms with E-state index in [-0.39, 0.29) is 57.0 Å². The molecule has 0 atom stereocenters. The molecule has 0 saturated carbocycles. The largest absolute Gasteiger partial charge is 0.352 e. The summed E-state index contributed by atoms with van der Waals surface area (Å²) in [5, 5.41) is 5.87. The zero-order valence-electron chi connectivity index (χ0n) is 19.7. The minimum Gasteiger partial charge on any atom is -0.352 e. The van der Waals surface area contributed by atoms with E-state index >= 15 is 0 Å². The molecule has 2 aromatic carbocycles. The number of rotatable bonds is 4. The predicted octanol–water partition coefficient (Wildman–Crippen LogP) is 3.70. The molecule has 10 heteroatoms. The summed E-state index contributed by atoms with van der Waals surface area (Å²) >= 11 is 0. The lowest BCUT2D eigenvalue weighted by Gasteiger charge is -2.15. The predicted molar refractivity (Wildman–Crippen MR) is 138 cm³/mol. The van der Waals surface area contributed by atoms with E-state index in [4.69, 9.17) is 0 Å². The zero-order chi connectivity index (χ0) is 26.5. The standard InChI is InChI=1S/2C14H9N3O2/c18-12-6-11(17-9-4-2-1-3-5-9)14(19)10-7-15-8-16-13(10)12;18-12-6-11(17-9-4-2-1-3-5-9)14(19)13-10(12)7-15-8-16-13/h2*1-8,17H.